The first-order valence-electron chi connectivity index (χ1n) is 10.6. The standard InChI is InChI=1S/C26H24N4OS/c1-31-23-15-6-5-13-21(23)29-17-9-14-22(29)25-24(20-12-7-8-16-27-20)28-26(32)30(25)18-19-10-3-2-4-11-19/h2-17,24-25H,18H2,1H3,(H,28,32). The minimum Gasteiger partial charge on any atom is -0.495 e. The second-order valence-corrected chi connectivity index (χ2v) is 8.10. The molecule has 0 saturated carbocycles. The Bertz CT molecular complexity index is 1210. The maximum atomic E-state index is 5.83. The molecule has 3 heterocycles. The van der Waals surface area contributed by atoms with E-state index in [9.17, 15) is 0 Å². The zero-order valence-corrected chi connectivity index (χ0v) is 18.6. The topological polar surface area (TPSA) is 42.3 Å². The second kappa shape index (κ2) is 8.85. The van der Waals surface area contributed by atoms with Crippen LogP contribution in [0, 0.1) is 0 Å². The quantitative estimate of drug-likeness (QED) is 0.425. The van der Waals surface area contributed by atoms with Gasteiger partial charge in [-0.05, 0) is 54.2 Å². The second-order valence-electron chi connectivity index (χ2n) is 7.72. The van der Waals surface area contributed by atoms with Gasteiger partial charge in [-0.1, -0.05) is 48.5 Å². The molecule has 5 rings (SSSR count). The normalized spacial score (nSPS) is 17.9. The molecule has 2 aromatic heterocycles. The van der Waals surface area contributed by atoms with Crippen molar-refractivity contribution in [1.29, 1.82) is 0 Å². The summed E-state index contributed by atoms with van der Waals surface area (Å²) in [4.78, 5) is 6.91. The molecule has 2 atom stereocenters. The summed E-state index contributed by atoms with van der Waals surface area (Å²) in [5, 5.41) is 4.26. The van der Waals surface area contributed by atoms with Gasteiger partial charge in [0.2, 0.25) is 0 Å². The van der Waals surface area contributed by atoms with Crippen molar-refractivity contribution < 1.29 is 4.74 Å². The van der Waals surface area contributed by atoms with Crippen molar-refractivity contribution in [2.45, 2.75) is 18.6 Å². The Morgan fingerprint density at radius 1 is 0.938 bits per heavy atom. The highest BCUT2D eigenvalue weighted by Gasteiger charge is 2.41. The Morgan fingerprint density at radius 2 is 1.72 bits per heavy atom. The molecule has 5 nitrogen and oxygen atoms in total. The number of nitrogens with zero attached hydrogens (tertiary/aromatic N) is 3. The van der Waals surface area contributed by atoms with Crippen molar-refractivity contribution in [2.75, 3.05) is 7.11 Å². The van der Waals surface area contributed by atoms with E-state index in [1.165, 1.54) is 5.56 Å². The van der Waals surface area contributed by atoms with Gasteiger partial charge in [-0.15, -0.1) is 0 Å². The van der Waals surface area contributed by atoms with E-state index in [0.717, 1.165) is 27.9 Å². The predicted octanol–water partition coefficient (Wildman–Crippen LogP) is 5.05. The highest BCUT2D eigenvalue weighted by Crippen LogP contribution is 2.41. The largest absolute Gasteiger partial charge is 0.495 e. The summed E-state index contributed by atoms with van der Waals surface area (Å²) < 4.78 is 7.84. The molecule has 4 aromatic rings. The van der Waals surface area contributed by atoms with E-state index in [-0.39, 0.29) is 12.1 Å². The van der Waals surface area contributed by atoms with Gasteiger partial charge < -0.3 is 19.5 Å². The van der Waals surface area contributed by atoms with Crippen LogP contribution in [0.1, 0.15) is 29.0 Å². The number of rotatable bonds is 6. The number of aromatic nitrogens is 2. The molecular weight excluding hydrogens is 416 g/mol. The van der Waals surface area contributed by atoms with Crippen LogP contribution in [0.3, 0.4) is 0 Å². The lowest BCUT2D eigenvalue weighted by atomic mass is 10.0. The highest BCUT2D eigenvalue weighted by atomic mass is 32.1. The first kappa shape index (κ1) is 20.3. The summed E-state index contributed by atoms with van der Waals surface area (Å²) in [5.74, 6) is 0.822. The molecule has 1 fully saturated rings. The average Bonchev–Trinajstić information content (AvgIpc) is 3.45. The van der Waals surface area contributed by atoms with Crippen molar-refractivity contribution in [3.8, 4) is 11.4 Å². The molecule has 1 aliphatic heterocycles. The number of hydrogen-bond acceptors (Lipinski definition) is 3. The molecule has 1 N–H and O–H groups in total. The smallest absolute Gasteiger partial charge is 0.170 e. The minimum absolute atomic E-state index is 0.0440. The van der Waals surface area contributed by atoms with Crippen LogP contribution < -0.4 is 10.1 Å². The van der Waals surface area contributed by atoms with Crippen molar-refractivity contribution in [1.82, 2.24) is 19.8 Å². The first-order chi connectivity index (χ1) is 15.8. The van der Waals surface area contributed by atoms with Crippen LogP contribution in [0.2, 0.25) is 0 Å². The Hall–Kier alpha value is -3.64. The fourth-order valence-electron chi connectivity index (χ4n) is 4.36. The van der Waals surface area contributed by atoms with Crippen molar-refractivity contribution in [3.63, 3.8) is 0 Å². The molecular formula is C26H24N4OS. The number of nitrogens with one attached hydrogen (secondary N) is 1. The molecule has 2 aromatic carbocycles. The monoisotopic (exact) mass is 440 g/mol. The van der Waals surface area contributed by atoms with Crippen LogP contribution in [0.4, 0.5) is 0 Å². The number of ether oxygens (including phenoxy) is 1. The number of hydrogen-bond donors (Lipinski definition) is 1. The number of methoxy groups -OCH3 is 1. The van der Waals surface area contributed by atoms with Crippen LogP contribution in [0.5, 0.6) is 5.75 Å². The van der Waals surface area contributed by atoms with E-state index in [2.05, 4.69) is 74.5 Å². The average molecular weight is 441 g/mol. The maximum absolute atomic E-state index is 5.83. The third kappa shape index (κ3) is 3.74. The molecule has 0 amide bonds. The van der Waals surface area contributed by atoms with Crippen LogP contribution in [-0.2, 0) is 6.54 Å². The number of benzene rings is 2. The SMILES string of the molecule is COc1ccccc1-n1cccc1C1C(c2ccccn2)NC(=S)N1Cc1ccccc1. The summed E-state index contributed by atoms with van der Waals surface area (Å²) in [7, 11) is 1.70. The van der Waals surface area contributed by atoms with Gasteiger partial charge in [-0.3, -0.25) is 4.98 Å². The molecule has 0 bridgehead atoms. The molecule has 6 heteroatoms. The van der Waals surface area contributed by atoms with Crippen molar-refractivity contribution in [2.24, 2.45) is 0 Å². The van der Waals surface area contributed by atoms with Crippen LogP contribution >= 0.6 is 12.2 Å². The van der Waals surface area contributed by atoms with Crippen molar-refractivity contribution in [3.05, 3.63) is 114 Å². The van der Waals surface area contributed by atoms with Crippen molar-refractivity contribution >= 4 is 17.3 Å². The van der Waals surface area contributed by atoms with Gasteiger partial charge in [0.25, 0.3) is 0 Å². The molecule has 32 heavy (non-hydrogen) atoms. The fourth-order valence-corrected chi connectivity index (χ4v) is 4.67. The first-order valence-corrected chi connectivity index (χ1v) is 11.0. The van der Waals surface area contributed by atoms with E-state index in [1.807, 2.05) is 42.6 Å². The van der Waals surface area contributed by atoms with Gasteiger partial charge in [0.05, 0.1) is 30.6 Å². The Balaban J connectivity index is 1.62. The number of pyridine rings is 1. The molecule has 0 radical (unpaired) electrons. The maximum Gasteiger partial charge on any atom is 0.170 e. The third-order valence-electron chi connectivity index (χ3n) is 5.82. The van der Waals surface area contributed by atoms with E-state index in [4.69, 9.17) is 17.0 Å². The Morgan fingerprint density at radius 3 is 2.50 bits per heavy atom. The van der Waals surface area contributed by atoms with E-state index >= 15 is 0 Å². The summed E-state index contributed by atoms with van der Waals surface area (Å²) in [6, 6.07) is 28.6. The van der Waals surface area contributed by atoms with Gasteiger partial charge in [0.15, 0.2) is 5.11 Å². The van der Waals surface area contributed by atoms with Crippen LogP contribution in [0.15, 0.2) is 97.3 Å². The summed E-state index contributed by atoms with van der Waals surface area (Å²) in [6.07, 6.45) is 3.90. The zero-order valence-electron chi connectivity index (χ0n) is 17.8. The molecule has 2 unspecified atom stereocenters. The molecule has 1 saturated heterocycles. The summed E-state index contributed by atoms with van der Waals surface area (Å²) in [5.41, 5.74) is 4.28. The number of thiocarbonyl (C=S) groups is 1. The van der Waals surface area contributed by atoms with Gasteiger partial charge in [0.1, 0.15) is 5.75 Å². The van der Waals surface area contributed by atoms with Gasteiger partial charge in [-0.25, -0.2) is 0 Å². The Labute approximate surface area is 193 Å². The molecule has 160 valence electrons. The molecule has 0 aliphatic carbocycles. The fraction of sp³-hybridized carbons (Fsp3) is 0.154. The Kier molecular flexibility index (Phi) is 5.60. The predicted molar refractivity (Wildman–Crippen MR) is 130 cm³/mol. The van der Waals surface area contributed by atoms with Gasteiger partial charge >= 0.3 is 0 Å². The van der Waals surface area contributed by atoms with E-state index < -0.39 is 0 Å². The lowest BCUT2D eigenvalue weighted by molar-refractivity contribution is 0.302. The van der Waals surface area contributed by atoms with E-state index in [1.54, 1.807) is 7.11 Å². The van der Waals surface area contributed by atoms with Gasteiger partial charge in [-0.2, -0.15) is 0 Å². The highest BCUT2D eigenvalue weighted by molar-refractivity contribution is 7.80. The summed E-state index contributed by atoms with van der Waals surface area (Å²) in [6.45, 7) is 0.706. The lowest BCUT2D eigenvalue weighted by Crippen LogP contribution is -2.30. The summed E-state index contributed by atoms with van der Waals surface area (Å²) >= 11 is 5.83. The van der Waals surface area contributed by atoms with Gasteiger partial charge in [0, 0.05) is 24.6 Å². The zero-order chi connectivity index (χ0) is 21.9. The van der Waals surface area contributed by atoms with E-state index in [0.29, 0.717) is 6.54 Å². The molecule has 1 aliphatic rings. The van der Waals surface area contributed by atoms with Crippen LogP contribution in [-0.4, -0.2) is 26.7 Å². The third-order valence-corrected chi connectivity index (χ3v) is 6.17. The lowest BCUT2D eigenvalue weighted by Gasteiger charge is -2.29. The minimum atomic E-state index is -0.0734. The van der Waals surface area contributed by atoms with Crippen LogP contribution in [0.25, 0.3) is 5.69 Å². The molecule has 0 spiro atoms. The number of para-hydroxylation sites is 2.